The summed E-state index contributed by atoms with van der Waals surface area (Å²) in [7, 11) is 0. The van der Waals surface area contributed by atoms with Gasteiger partial charge in [-0.25, -0.2) is 9.59 Å². The number of cyclic esters (lactones) is 1. The predicted octanol–water partition coefficient (Wildman–Crippen LogP) is 4.40. The Morgan fingerprint density at radius 3 is 2.13 bits per heavy atom. The van der Waals surface area contributed by atoms with Gasteiger partial charge in [-0.2, -0.15) is 0 Å². The van der Waals surface area contributed by atoms with Gasteiger partial charge in [-0.3, -0.25) is 4.90 Å². The standard InChI is InChI=1S/C24H29NO5/c1-24(2,3)30-23(28)25-19(15-10-16-26)22(27)29-21(18-13-8-5-9-14-18)20(25)17-11-6-4-7-12-17/h4-9,11-14,19-21,26H,10,15-16H2,1-3H3/t19-,20-,21+/m0/s1. The van der Waals surface area contributed by atoms with Crippen molar-refractivity contribution in [2.45, 2.75) is 57.4 Å². The fraction of sp³-hybridized carbons (Fsp3) is 0.417. The minimum absolute atomic E-state index is 0.0793. The third-order valence-electron chi connectivity index (χ3n) is 4.95. The summed E-state index contributed by atoms with van der Waals surface area (Å²) >= 11 is 0. The molecule has 0 radical (unpaired) electrons. The third kappa shape index (κ3) is 5.00. The van der Waals surface area contributed by atoms with E-state index in [-0.39, 0.29) is 6.61 Å². The molecule has 1 saturated heterocycles. The summed E-state index contributed by atoms with van der Waals surface area (Å²) in [5, 5.41) is 9.32. The van der Waals surface area contributed by atoms with Crippen molar-refractivity contribution in [2.75, 3.05) is 6.61 Å². The van der Waals surface area contributed by atoms with E-state index in [0.717, 1.165) is 11.1 Å². The van der Waals surface area contributed by atoms with Gasteiger partial charge in [-0.15, -0.1) is 0 Å². The number of benzene rings is 2. The molecule has 1 heterocycles. The SMILES string of the molecule is CC(C)(C)OC(=O)N1[C@@H](CCCO)C(=O)O[C@H](c2ccccc2)[C@@H]1c1ccccc1. The van der Waals surface area contributed by atoms with Crippen molar-refractivity contribution in [2.24, 2.45) is 0 Å². The molecule has 6 nitrogen and oxygen atoms in total. The van der Waals surface area contributed by atoms with Crippen LogP contribution in [-0.4, -0.2) is 40.3 Å². The summed E-state index contributed by atoms with van der Waals surface area (Å²) in [6.07, 6.45) is -0.577. The van der Waals surface area contributed by atoms with E-state index in [1.54, 1.807) is 20.8 Å². The molecule has 1 aliphatic rings. The number of aliphatic hydroxyl groups excluding tert-OH is 1. The molecule has 0 saturated carbocycles. The number of hydrogen-bond acceptors (Lipinski definition) is 5. The molecule has 160 valence electrons. The number of amides is 1. The summed E-state index contributed by atoms with van der Waals surface area (Å²) in [5.41, 5.74) is 0.927. The molecule has 30 heavy (non-hydrogen) atoms. The van der Waals surface area contributed by atoms with Crippen LogP contribution in [0.5, 0.6) is 0 Å². The fourth-order valence-corrected chi connectivity index (χ4v) is 3.70. The summed E-state index contributed by atoms with van der Waals surface area (Å²) in [6.45, 7) is 5.30. The first kappa shape index (κ1) is 21.8. The molecule has 1 N–H and O–H groups in total. The van der Waals surface area contributed by atoms with E-state index in [1.165, 1.54) is 4.90 Å². The molecular formula is C24H29NO5. The summed E-state index contributed by atoms with van der Waals surface area (Å²) < 4.78 is 11.6. The van der Waals surface area contributed by atoms with Gasteiger partial charge in [0.2, 0.25) is 0 Å². The van der Waals surface area contributed by atoms with E-state index in [4.69, 9.17) is 9.47 Å². The maximum Gasteiger partial charge on any atom is 0.411 e. The average Bonchev–Trinajstić information content (AvgIpc) is 2.72. The molecule has 0 unspecified atom stereocenters. The van der Waals surface area contributed by atoms with Crippen LogP contribution in [-0.2, 0) is 14.3 Å². The highest BCUT2D eigenvalue weighted by molar-refractivity contribution is 5.83. The lowest BCUT2D eigenvalue weighted by molar-refractivity contribution is -0.174. The Hall–Kier alpha value is -2.86. The fourth-order valence-electron chi connectivity index (χ4n) is 3.70. The van der Waals surface area contributed by atoms with Gasteiger partial charge in [0.1, 0.15) is 17.7 Å². The molecule has 1 aliphatic heterocycles. The van der Waals surface area contributed by atoms with Crippen LogP contribution in [0.1, 0.15) is 56.9 Å². The number of ether oxygens (including phenoxy) is 2. The van der Waals surface area contributed by atoms with Crippen molar-refractivity contribution >= 4 is 12.1 Å². The van der Waals surface area contributed by atoms with Crippen LogP contribution in [0.4, 0.5) is 4.79 Å². The van der Waals surface area contributed by atoms with Crippen molar-refractivity contribution in [3.8, 4) is 0 Å². The van der Waals surface area contributed by atoms with Crippen LogP contribution in [0.2, 0.25) is 0 Å². The van der Waals surface area contributed by atoms with Crippen molar-refractivity contribution in [1.29, 1.82) is 0 Å². The quantitative estimate of drug-likeness (QED) is 0.738. The van der Waals surface area contributed by atoms with E-state index >= 15 is 0 Å². The van der Waals surface area contributed by atoms with Crippen LogP contribution >= 0.6 is 0 Å². The lowest BCUT2D eigenvalue weighted by Crippen LogP contribution is -2.55. The molecule has 3 atom stereocenters. The summed E-state index contributed by atoms with van der Waals surface area (Å²) in [5.74, 6) is -0.490. The second kappa shape index (κ2) is 9.30. The summed E-state index contributed by atoms with van der Waals surface area (Å²) in [4.78, 5) is 27.8. The van der Waals surface area contributed by atoms with Crippen molar-refractivity contribution in [3.63, 3.8) is 0 Å². The van der Waals surface area contributed by atoms with Crippen LogP contribution in [0, 0.1) is 0 Å². The van der Waals surface area contributed by atoms with Gasteiger partial charge >= 0.3 is 12.1 Å². The lowest BCUT2D eigenvalue weighted by atomic mass is 9.90. The van der Waals surface area contributed by atoms with E-state index in [9.17, 15) is 14.7 Å². The smallest absolute Gasteiger partial charge is 0.411 e. The number of aliphatic hydroxyl groups is 1. The molecule has 1 fully saturated rings. The molecule has 0 aromatic heterocycles. The van der Waals surface area contributed by atoms with Crippen molar-refractivity contribution in [1.82, 2.24) is 4.90 Å². The Balaban J connectivity index is 2.11. The zero-order chi connectivity index (χ0) is 21.7. The Labute approximate surface area is 177 Å². The first-order valence-corrected chi connectivity index (χ1v) is 10.2. The number of esters is 1. The second-order valence-electron chi connectivity index (χ2n) is 8.39. The van der Waals surface area contributed by atoms with Crippen LogP contribution in [0.15, 0.2) is 60.7 Å². The van der Waals surface area contributed by atoms with Gasteiger partial charge in [-0.1, -0.05) is 60.7 Å². The van der Waals surface area contributed by atoms with Gasteiger partial charge in [-0.05, 0) is 44.7 Å². The third-order valence-corrected chi connectivity index (χ3v) is 4.95. The zero-order valence-corrected chi connectivity index (χ0v) is 17.7. The number of rotatable bonds is 5. The van der Waals surface area contributed by atoms with Crippen LogP contribution in [0.25, 0.3) is 0 Å². The second-order valence-corrected chi connectivity index (χ2v) is 8.39. The van der Waals surface area contributed by atoms with Crippen LogP contribution < -0.4 is 0 Å². The van der Waals surface area contributed by atoms with Gasteiger partial charge in [0.05, 0.1) is 0 Å². The van der Waals surface area contributed by atoms with E-state index in [2.05, 4.69) is 0 Å². The van der Waals surface area contributed by atoms with E-state index < -0.39 is 35.9 Å². The Bertz CT molecular complexity index is 847. The minimum Gasteiger partial charge on any atom is -0.453 e. The highest BCUT2D eigenvalue weighted by Crippen LogP contribution is 2.43. The maximum absolute atomic E-state index is 13.3. The molecule has 3 rings (SSSR count). The molecule has 2 aromatic carbocycles. The van der Waals surface area contributed by atoms with Gasteiger partial charge in [0.25, 0.3) is 0 Å². The molecule has 6 heteroatoms. The first-order valence-electron chi connectivity index (χ1n) is 10.2. The first-order chi connectivity index (χ1) is 14.3. The Morgan fingerprint density at radius 2 is 1.60 bits per heavy atom. The molecule has 1 amide bonds. The van der Waals surface area contributed by atoms with Gasteiger partial charge in [0, 0.05) is 6.61 Å². The van der Waals surface area contributed by atoms with Gasteiger partial charge in [0.15, 0.2) is 6.10 Å². The number of carbonyl (C=O) groups excluding carboxylic acids is 2. The number of nitrogens with zero attached hydrogens (tertiary/aromatic N) is 1. The number of hydrogen-bond donors (Lipinski definition) is 1. The lowest BCUT2D eigenvalue weighted by Gasteiger charge is -2.45. The highest BCUT2D eigenvalue weighted by Gasteiger charge is 2.48. The predicted molar refractivity (Wildman–Crippen MR) is 113 cm³/mol. The van der Waals surface area contributed by atoms with E-state index in [0.29, 0.717) is 12.8 Å². The minimum atomic E-state index is -0.836. The Morgan fingerprint density at radius 1 is 1.03 bits per heavy atom. The van der Waals surface area contributed by atoms with Crippen molar-refractivity contribution in [3.05, 3.63) is 71.8 Å². The average molecular weight is 411 g/mol. The topological polar surface area (TPSA) is 76.1 Å². The molecular weight excluding hydrogens is 382 g/mol. The van der Waals surface area contributed by atoms with Crippen molar-refractivity contribution < 1.29 is 24.2 Å². The Kier molecular flexibility index (Phi) is 6.77. The monoisotopic (exact) mass is 411 g/mol. The highest BCUT2D eigenvalue weighted by atomic mass is 16.6. The molecule has 0 aliphatic carbocycles. The zero-order valence-electron chi connectivity index (χ0n) is 17.7. The maximum atomic E-state index is 13.3. The van der Waals surface area contributed by atoms with E-state index in [1.807, 2.05) is 60.7 Å². The van der Waals surface area contributed by atoms with Crippen LogP contribution in [0.3, 0.4) is 0 Å². The largest absolute Gasteiger partial charge is 0.453 e. The summed E-state index contributed by atoms with van der Waals surface area (Å²) in [6, 6.07) is 17.5. The number of morpholine rings is 1. The molecule has 2 aromatic rings. The molecule has 0 bridgehead atoms. The number of carbonyl (C=O) groups is 2. The molecule has 0 spiro atoms. The van der Waals surface area contributed by atoms with Gasteiger partial charge < -0.3 is 14.6 Å². The normalized spacial score (nSPS) is 21.8.